The number of hydrogen-bond donors (Lipinski definition) is 0. The number of nitrogens with zero attached hydrogens (tertiary/aromatic N) is 1. The van der Waals surface area contributed by atoms with E-state index in [0.717, 1.165) is 38.0 Å². The topological polar surface area (TPSA) is 21.6 Å². The maximum Gasteiger partial charge on any atom is 0.122 e. The average Bonchev–Trinajstić information content (AvgIpc) is 2.69. The van der Waals surface area contributed by atoms with Crippen molar-refractivity contribution in [2.75, 3.05) is 6.54 Å². The normalized spacial score (nSPS) is 19.6. The summed E-state index contributed by atoms with van der Waals surface area (Å²) in [7, 11) is 0. The van der Waals surface area contributed by atoms with E-state index in [0.29, 0.717) is 12.0 Å². The zero-order valence-electron chi connectivity index (χ0n) is 16.9. The monoisotopic (exact) mass is 363 g/mol. The Hall–Kier alpha value is -2.09. The number of ether oxygens (including phenoxy) is 1. The third-order valence-corrected chi connectivity index (χ3v) is 5.78. The molecule has 2 nitrogen and oxygen atoms in total. The summed E-state index contributed by atoms with van der Waals surface area (Å²) in [5, 5.41) is 0. The first-order valence-electron chi connectivity index (χ1n) is 10.4. The first-order chi connectivity index (χ1) is 13.2. The molecule has 3 rings (SSSR count). The summed E-state index contributed by atoms with van der Waals surface area (Å²) < 4.78 is 6.30. The zero-order valence-corrected chi connectivity index (χ0v) is 16.9. The van der Waals surface area contributed by atoms with Gasteiger partial charge in [0, 0.05) is 6.54 Å². The summed E-state index contributed by atoms with van der Waals surface area (Å²) in [6.07, 6.45) is 8.57. The summed E-state index contributed by atoms with van der Waals surface area (Å²) in [5.41, 5.74) is 5.48. The number of rotatable bonds is 8. The van der Waals surface area contributed by atoms with E-state index in [2.05, 4.69) is 68.0 Å². The van der Waals surface area contributed by atoms with E-state index in [1.807, 2.05) is 0 Å². The molecule has 1 fully saturated rings. The minimum Gasteiger partial charge on any atom is -0.490 e. The van der Waals surface area contributed by atoms with Gasteiger partial charge >= 0.3 is 0 Å². The standard InChI is InChI=1S/C25H33NO/c1-19-7-16-25(20(2)18-19)27-24-14-12-23(13-15-24)22-10-8-21(9-11-22)6-4-5-17-26-3/h7-11,16,18,23-24H,3-6,12-15,17H2,1-2H3. The molecule has 2 heteroatoms. The molecule has 1 saturated carbocycles. The van der Waals surface area contributed by atoms with Crippen LogP contribution in [-0.4, -0.2) is 19.4 Å². The van der Waals surface area contributed by atoms with Crippen LogP contribution in [0.15, 0.2) is 47.5 Å². The predicted octanol–water partition coefficient (Wildman–Crippen LogP) is 6.43. The van der Waals surface area contributed by atoms with Crippen molar-refractivity contribution in [3.05, 3.63) is 64.7 Å². The van der Waals surface area contributed by atoms with E-state index in [9.17, 15) is 0 Å². The molecule has 0 aliphatic heterocycles. The van der Waals surface area contributed by atoms with Gasteiger partial charge in [0.1, 0.15) is 5.75 Å². The van der Waals surface area contributed by atoms with Crippen LogP contribution < -0.4 is 4.74 Å². The van der Waals surface area contributed by atoms with Crippen LogP contribution in [0.2, 0.25) is 0 Å². The lowest BCUT2D eigenvalue weighted by molar-refractivity contribution is 0.145. The summed E-state index contributed by atoms with van der Waals surface area (Å²) in [5.74, 6) is 1.74. The second kappa shape index (κ2) is 9.73. The van der Waals surface area contributed by atoms with Crippen LogP contribution in [0.4, 0.5) is 0 Å². The van der Waals surface area contributed by atoms with Crippen LogP contribution in [0, 0.1) is 13.8 Å². The van der Waals surface area contributed by atoms with Gasteiger partial charge in [-0.05, 0) is 94.2 Å². The largest absolute Gasteiger partial charge is 0.490 e. The molecule has 2 aromatic carbocycles. The zero-order chi connectivity index (χ0) is 19.1. The molecule has 1 aliphatic rings. The average molecular weight is 364 g/mol. The fourth-order valence-electron chi connectivity index (χ4n) is 4.13. The van der Waals surface area contributed by atoms with Crippen molar-refractivity contribution in [3.63, 3.8) is 0 Å². The van der Waals surface area contributed by atoms with Crippen LogP contribution in [0.3, 0.4) is 0 Å². The molecule has 0 spiro atoms. The van der Waals surface area contributed by atoms with Crippen LogP contribution in [0.1, 0.15) is 66.7 Å². The molecule has 0 heterocycles. The quantitative estimate of drug-likeness (QED) is 0.391. The lowest BCUT2D eigenvalue weighted by Gasteiger charge is -2.30. The third-order valence-electron chi connectivity index (χ3n) is 5.78. The van der Waals surface area contributed by atoms with Gasteiger partial charge in [-0.1, -0.05) is 42.0 Å². The Bertz CT molecular complexity index is 726. The van der Waals surface area contributed by atoms with E-state index in [4.69, 9.17) is 4.74 Å². The van der Waals surface area contributed by atoms with Crippen molar-refractivity contribution in [1.29, 1.82) is 0 Å². The molecular formula is C25H33NO. The molecule has 1 aliphatic carbocycles. The SMILES string of the molecule is C=NCCCCc1ccc(C2CCC(Oc3ccc(C)cc3C)CC2)cc1. The lowest BCUT2D eigenvalue weighted by atomic mass is 9.82. The van der Waals surface area contributed by atoms with E-state index in [1.54, 1.807) is 0 Å². The van der Waals surface area contributed by atoms with Gasteiger partial charge in [-0.2, -0.15) is 0 Å². The highest BCUT2D eigenvalue weighted by Gasteiger charge is 2.23. The van der Waals surface area contributed by atoms with Gasteiger partial charge in [0.2, 0.25) is 0 Å². The maximum atomic E-state index is 6.30. The minimum absolute atomic E-state index is 0.361. The van der Waals surface area contributed by atoms with Crippen LogP contribution in [0.25, 0.3) is 0 Å². The molecule has 0 bridgehead atoms. The first kappa shape index (κ1) is 19.7. The van der Waals surface area contributed by atoms with Crippen molar-refractivity contribution < 1.29 is 4.74 Å². The molecule has 0 N–H and O–H groups in total. The number of hydrogen-bond acceptors (Lipinski definition) is 2. The van der Waals surface area contributed by atoms with Gasteiger partial charge in [-0.15, -0.1) is 0 Å². The number of aryl methyl sites for hydroxylation is 3. The van der Waals surface area contributed by atoms with E-state index in [1.165, 1.54) is 41.5 Å². The molecule has 0 radical (unpaired) electrons. The van der Waals surface area contributed by atoms with Crippen molar-refractivity contribution >= 4 is 6.72 Å². The van der Waals surface area contributed by atoms with Crippen molar-refractivity contribution in [1.82, 2.24) is 0 Å². The van der Waals surface area contributed by atoms with Gasteiger partial charge in [0.05, 0.1) is 6.10 Å². The van der Waals surface area contributed by atoms with Crippen LogP contribution in [0.5, 0.6) is 5.75 Å². The fraction of sp³-hybridized carbons (Fsp3) is 0.480. The minimum atomic E-state index is 0.361. The summed E-state index contributed by atoms with van der Waals surface area (Å²) in [6, 6.07) is 15.8. The second-order valence-electron chi connectivity index (χ2n) is 8.01. The molecule has 0 atom stereocenters. The highest BCUT2D eigenvalue weighted by atomic mass is 16.5. The molecule has 2 aromatic rings. The number of unbranched alkanes of at least 4 members (excludes halogenated alkanes) is 1. The Labute approximate surface area is 164 Å². The van der Waals surface area contributed by atoms with Crippen molar-refractivity contribution in [2.45, 2.75) is 70.8 Å². The highest BCUT2D eigenvalue weighted by molar-refractivity contribution is 5.36. The Morgan fingerprint density at radius 1 is 0.963 bits per heavy atom. The van der Waals surface area contributed by atoms with E-state index in [-0.39, 0.29) is 0 Å². The van der Waals surface area contributed by atoms with E-state index >= 15 is 0 Å². The van der Waals surface area contributed by atoms with Gasteiger partial charge in [-0.3, -0.25) is 0 Å². The number of aliphatic imine (C=N–C) groups is 1. The molecule has 0 amide bonds. The summed E-state index contributed by atoms with van der Waals surface area (Å²) >= 11 is 0. The number of benzene rings is 2. The second-order valence-corrected chi connectivity index (χ2v) is 8.01. The molecule has 27 heavy (non-hydrogen) atoms. The summed E-state index contributed by atoms with van der Waals surface area (Å²) in [6.45, 7) is 8.70. The summed E-state index contributed by atoms with van der Waals surface area (Å²) in [4.78, 5) is 3.92. The van der Waals surface area contributed by atoms with Gasteiger partial charge in [0.15, 0.2) is 0 Å². The molecule has 0 aromatic heterocycles. The fourth-order valence-corrected chi connectivity index (χ4v) is 4.13. The van der Waals surface area contributed by atoms with Gasteiger partial charge in [0.25, 0.3) is 0 Å². The van der Waals surface area contributed by atoms with Crippen LogP contribution >= 0.6 is 0 Å². The van der Waals surface area contributed by atoms with Gasteiger partial charge < -0.3 is 9.73 Å². The highest BCUT2D eigenvalue weighted by Crippen LogP contribution is 2.35. The Kier molecular flexibility index (Phi) is 7.09. The van der Waals surface area contributed by atoms with Crippen molar-refractivity contribution in [2.24, 2.45) is 4.99 Å². The van der Waals surface area contributed by atoms with E-state index < -0.39 is 0 Å². The predicted molar refractivity (Wildman–Crippen MR) is 115 cm³/mol. The third kappa shape index (κ3) is 5.69. The Balaban J connectivity index is 1.47. The smallest absolute Gasteiger partial charge is 0.122 e. The molecular weight excluding hydrogens is 330 g/mol. The van der Waals surface area contributed by atoms with Crippen molar-refractivity contribution in [3.8, 4) is 5.75 Å². The van der Waals surface area contributed by atoms with Crippen LogP contribution in [-0.2, 0) is 6.42 Å². The maximum absolute atomic E-state index is 6.30. The molecule has 144 valence electrons. The first-order valence-corrected chi connectivity index (χ1v) is 10.4. The van der Waals surface area contributed by atoms with Gasteiger partial charge in [-0.25, -0.2) is 0 Å². The Morgan fingerprint density at radius 3 is 2.37 bits per heavy atom. The molecule has 0 saturated heterocycles. The Morgan fingerprint density at radius 2 is 1.70 bits per heavy atom. The molecule has 0 unspecified atom stereocenters. The lowest BCUT2D eigenvalue weighted by Crippen LogP contribution is -2.23.